The average Bonchev–Trinajstić information content (AvgIpc) is 2.42. The molecule has 0 aromatic rings. The Bertz CT molecular complexity index is 250. The SMILES string of the molecule is COC(/C=C(\C)COC/C(C)=C/C(OC)OC)OC. The Labute approximate surface area is 116 Å². The Hall–Kier alpha value is -0.720. The molecule has 0 atom stereocenters. The molecule has 0 saturated carbocycles. The van der Waals surface area contributed by atoms with Crippen LogP contribution in [0.3, 0.4) is 0 Å². The lowest BCUT2D eigenvalue weighted by atomic mass is 10.3. The fraction of sp³-hybridized carbons (Fsp3) is 0.714. The van der Waals surface area contributed by atoms with Crippen molar-refractivity contribution in [3.05, 3.63) is 23.3 Å². The molecule has 0 aliphatic rings. The minimum absolute atomic E-state index is 0.327. The zero-order valence-electron chi connectivity index (χ0n) is 12.8. The number of hydrogen-bond acceptors (Lipinski definition) is 5. The minimum atomic E-state index is -0.327. The van der Waals surface area contributed by atoms with E-state index in [4.69, 9.17) is 23.7 Å². The highest BCUT2D eigenvalue weighted by atomic mass is 16.7. The predicted octanol–water partition coefficient (Wildman–Crippen LogP) is 2.13. The molecule has 0 saturated heterocycles. The van der Waals surface area contributed by atoms with Crippen LogP contribution in [0.25, 0.3) is 0 Å². The molecule has 0 spiro atoms. The number of hydrogen-bond donors (Lipinski definition) is 0. The molecular formula is C14H26O5. The Kier molecular flexibility index (Phi) is 10.7. The molecule has 0 aromatic heterocycles. The standard InChI is InChI=1S/C14H26O5/c1-11(7-13(15-3)16-4)9-19-10-12(2)8-14(17-5)18-6/h7-8,13-14H,9-10H2,1-6H3/b11-7+,12-8+. The van der Waals surface area contributed by atoms with Crippen LogP contribution in [0.2, 0.25) is 0 Å². The molecule has 0 heterocycles. The summed E-state index contributed by atoms with van der Waals surface area (Å²) in [6.45, 7) is 4.99. The molecule has 19 heavy (non-hydrogen) atoms. The summed E-state index contributed by atoms with van der Waals surface area (Å²) in [7, 11) is 6.39. The molecule has 0 rings (SSSR count). The molecule has 0 fully saturated rings. The molecule has 0 aliphatic carbocycles. The maximum Gasteiger partial charge on any atom is 0.176 e. The highest BCUT2D eigenvalue weighted by molar-refractivity contribution is 5.03. The van der Waals surface area contributed by atoms with Gasteiger partial charge in [-0.25, -0.2) is 0 Å². The lowest BCUT2D eigenvalue weighted by Crippen LogP contribution is -2.12. The summed E-state index contributed by atoms with van der Waals surface area (Å²) in [6, 6.07) is 0. The second-order valence-corrected chi connectivity index (χ2v) is 4.20. The van der Waals surface area contributed by atoms with Crippen molar-refractivity contribution in [1.82, 2.24) is 0 Å². The molecule has 0 radical (unpaired) electrons. The predicted molar refractivity (Wildman–Crippen MR) is 73.9 cm³/mol. The van der Waals surface area contributed by atoms with E-state index in [1.165, 1.54) is 0 Å². The Morgan fingerprint density at radius 1 is 0.737 bits per heavy atom. The van der Waals surface area contributed by atoms with E-state index in [1.807, 2.05) is 26.0 Å². The van der Waals surface area contributed by atoms with E-state index in [2.05, 4.69) is 0 Å². The number of methoxy groups -OCH3 is 4. The van der Waals surface area contributed by atoms with Crippen molar-refractivity contribution < 1.29 is 23.7 Å². The summed E-state index contributed by atoms with van der Waals surface area (Å²) < 4.78 is 25.9. The van der Waals surface area contributed by atoms with Crippen molar-refractivity contribution >= 4 is 0 Å². The minimum Gasteiger partial charge on any atom is -0.373 e. The Morgan fingerprint density at radius 2 is 1.05 bits per heavy atom. The van der Waals surface area contributed by atoms with Gasteiger partial charge in [-0.1, -0.05) is 0 Å². The van der Waals surface area contributed by atoms with Crippen molar-refractivity contribution in [2.24, 2.45) is 0 Å². The van der Waals surface area contributed by atoms with Gasteiger partial charge in [0.1, 0.15) is 0 Å². The summed E-state index contributed by atoms with van der Waals surface area (Å²) in [5.74, 6) is 0. The first-order valence-electron chi connectivity index (χ1n) is 6.10. The first kappa shape index (κ1) is 18.3. The van der Waals surface area contributed by atoms with E-state index in [0.29, 0.717) is 13.2 Å². The summed E-state index contributed by atoms with van der Waals surface area (Å²) in [4.78, 5) is 0. The van der Waals surface area contributed by atoms with Gasteiger partial charge in [0.05, 0.1) is 13.2 Å². The van der Waals surface area contributed by atoms with Gasteiger partial charge in [-0.2, -0.15) is 0 Å². The molecule has 5 heteroatoms. The summed E-state index contributed by atoms with van der Waals surface area (Å²) in [6.07, 6.45) is 3.11. The van der Waals surface area contributed by atoms with E-state index in [-0.39, 0.29) is 12.6 Å². The summed E-state index contributed by atoms with van der Waals surface area (Å²) in [5.41, 5.74) is 2.10. The van der Waals surface area contributed by atoms with Crippen LogP contribution < -0.4 is 0 Å². The fourth-order valence-corrected chi connectivity index (χ4v) is 1.40. The molecule has 0 N–H and O–H groups in total. The lowest BCUT2D eigenvalue weighted by Gasteiger charge is -2.12. The third-order valence-electron chi connectivity index (χ3n) is 2.43. The maximum absolute atomic E-state index is 5.58. The van der Waals surface area contributed by atoms with Crippen LogP contribution in [-0.2, 0) is 23.7 Å². The topological polar surface area (TPSA) is 46.2 Å². The monoisotopic (exact) mass is 274 g/mol. The van der Waals surface area contributed by atoms with Gasteiger partial charge in [0.15, 0.2) is 12.6 Å². The summed E-state index contributed by atoms with van der Waals surface area (Å²) in [5, 5.41) is 0. The zero-order valence-corrected chi connectivity index (χ0v) is 12.8. The summed E-state index contributed by atoms with van der Waals surface area (Å²) >= 11 is 0. The van der Waals surface area contributed by atoms with Crippen LogP contribution in [0, 0.1) is 0 Å². The first-order chi connectivity index (χ1) is 9.07. The van der Waals surface area contributed by atoms with Crippen LogP contribution in [0.5, 0.6) is 0 Å². The van der Waals surface area contributed by atoms with Gasteiger partial charge in [-0.3, -0.25) is 0 Å². The fourth-order valence-electron chi connectivity index (χ4n) is 1.40. The Balaban J connectivity index is 4.08. The second kappa shape index (κ2) is 11.1. The van der Waals surface area contributed by atoms with Gasteiger partial charge in [0, 0.05) is 28.4 Å². The van der Waals surface area contributed by atoms with Crippen LogP contribution in [0.1, 0.15) is 13.8 Å². The van der Waals surface area contributed by atoms with E-state index >= 15 is 0 Å². The molecule has 0 bridgehead atoms. The smallest absolute Gasteiger partial charge is 0.176 e. The molecule has 0 amide bonds. The van der Waals surface area contributed by atoms with Crippen molar-refractivity contribution in [2.45, 2.75) is 26.4 Å². The molecule has 0 unspecified atom stereocenters. The van der Waals surface area contributed by atoms with E-state index < -0.39 is 0 Å². The molecular weight excluding hydrogens is 248 g/mol. The van der Waals surface area contributed by atoms with Gasteiger partial charge in [0.25, 0.3) is 0 Å². The molecule has 0 aromatic carbocycles. The van der Waals surface area contributed by atoms with Gasteiger partial charge in [-0.05, 0) is 37.1 Å². The lowest BCUT2D eigenvalue weighted by molar-refractivity contribution is -0.0677. The highest BCUT2D eigenvalue weighted by Gasteiger charge is 2.03. The molecule has 112 valence electrons. The van der Waals surface area contributed by atoms with Crippen molar-refractivity contribution in [2.75, 3.05) is 41.7 Å². The molecule has 5 nitrogen and oxygen atoms in total. The second-order valence-electron chi connectivity index (χ2n) is 4.20. The highest BCUT2D eigenvalue weighted by Crippen LogP contribution is 2.04. The number of rotatable bonds is 10. The number of ether oxygens (including phenoxy) is 5. The average molecular weight is 274 g/mol. The maximum atomic E-state index is 5.58. The van der Waals surface area contributed by atoms with Crippen LogP contribution in [0.4, 0.5) is 0 Å². The zero-order chi connectivity index (χ0) is 14.7. The van der Waals surface area contributed by atoms with E-state index in [1.54, 1.807) is 28.4 Å². The normalized spacial score (nSPS) is 13.7. The van der Waals surface area contributed by atoms with Gasteiger partial charge < -0.3 is 23.7 Å². The van der Waals surface area contributed by atoms with Crippen molar-refractivity contribution in [3.8, 4) is 0 Å². The van der Waals surface area contributed by atoms with Crippen LogP contribution in [0.15, 0.2) is 23.3 Å². The van der Waals surface area contributed by atoms with Crippen molar-refractivity contribution in [3.63, 3.8) is 0 Å². The largest absolute Gasteiger partial charge is 0.373 e. The van der Waals surface area contributed by atoms with Crippen LogP contribution >= 0.6 is 0 Å². The third-order valence-corrected chi connectivity index (χ3v) is 2.43. The van der Waals surface area contributed by atoms with Crippen LogP contribution in [-0.4, -0.2) is 54.2 Å². The first-order valence-corrected chi connectivity index (χ1v) is 6.10. The van der Waals surface area contributed by atoms with Gasteiger partial charge in [0.2, 0.25) is 0 Å². The molecule has 0 aliphatic heterocycles. The third kappa shape index (κ3) is 8.91. The van der Waals surface area contributed by atoms with Gasteiger partial charge in [-0.15, -0.1) is 0 Å². The quantitative estimate of drug-likeness (QED) is 0.451. The van der Waals surface area contributed by atoms with E-state index in [9.17, 15) is 0 Å². The van der Waals surface area contributed by atoms with Gasteiger partial charge >= 0.3 is 0 Å². The van der Waals surface area contributed by atoms with Crippen molar-refractivity contribution in [1.29, 1.82) is 0 Å². The Morgan fingerprint density at radius 3 is 1.32 bits per heavy atom. The van der Waals surface area contributed by atoms with E-state index in [0.717, 1.165) is 11.1 Å².